The van der Waals surface area contributed by atoms with Gasteiger partial charge in [-0.1, -0.05) is 0 Å². The van der Waals surface area contributed by atoms with Crippen molar-refractivity contribution in [2.75, 3.05) is 6.54 Å². The maximum absolute atomic E-state index is 12.6. The summed E-state index contributed by atoms with van der Waals surface area (Å²) in [5, 5.41) is 20.1. The van der Waals surface area contributed by atoms with Crippen molar-refractivity contribution in [2.24, 2.45) is 0 Å². The number of alkyl halides is 3. The third-order valence-corrected chi connectivity index (χ3v) is 2.91. The third kappa shape index (κ3) is 2.30. The highest BCUT2D eigenvalue weighted by Crippen LogP contribution is 2.40. The van der Waals surface area contributed by atoms with Gasteiger partial charge in [0.2, 0.25) is 6.54 Å². The van der Waals surface area contributed by atoms with Crippen molar-refractivity contribution >= 4 is 11.3 Å². The highest BCUT2D eigenvalue weighted by Gasteiger charge is 2.61. The molecule has 1 N–H and O–H groups in total. The van der Waals surface area contributed by atoms with Gasteiger partial charge in [0.25, 0.3) is 5.60 Å². The van der Waals surface area contributed by atoms with Crippen LogP contribution in [-0.2, 0) is 5.60 Å². The molecule has 5 nitrogen and oxygen atoms in total. The van der Waals surface area contributed by atoms with Crippen molar-refractivity contribution in [3.05, 3.63) is 26.2 Å². The van der Waals surface area contributed by atoms with Crippen LogP contribution in [0.15, 0.2) is 5.38 Å². The van der Waals surface area contributed by atoms with Gasteiger partial charge in [-0.25, -0.2) is 4.98 Å². The predicted molar refractivity (Wildman–Crippen MR) is 48.7 cm³/mol. The lowest BCUT2D eigenvalue weighted by Gasteiger charge is -2.24. The summed E-state index contributed by atoms with van der Waals surface area (Å²) in [5.41, 5.74) is -3.25. The van der Waals surface area contributed by atoms with Crippen molar-refractivity contribution < 1.29 is 23.2 Å². The number of thiazole rings is 1. The summed E-state index contributed by atoms with van der Waals surface area (Å²) in [5.74, 6) is 0. The fraction of sp³-hybridized carbons (Fsp3) is 0.571. The summed E-state index contributed by atoms with van der Waals surface area (Å²) in [4.78, 5) is 12.4. The van der Waals surface area contributed by atoms with Crippen molar-refractivity contribution in [2.45, 2.75) is 18.7 Å². The maximum Gasteiger partial charge on any atom is 0.430 e. The second-order valence-corrected chi connectivity index (χ2v) is 4.00. The molecule has 0 fully saturated rings. The molecule has 16 heavy (non-hydrogen) atoms. The van der Waals surface area contributed by atoms with Crippen LogP contribution >= 0.6 is 11.3 Å². The van der Waals surface area contributed by atoms with Crippen LogP contribution < -0.4 is 0 Å². The number of hydrogen-bond acceptors (Lipinski definition) is 5. The molecule has 1 heterocycles. The molecule has 0 unspecified atom stereocenters. The van der Waals surface area contributed by atoms with E-state index in [1.54, 1.807) is 0 Å². The van der Waals surface area contributed by atoms with E-state index in [0.29, 0.717) is 11.3 Å². The van der Waals surface area contributed by atoms with E-state index in [9.17, 15) is 28.4 Å². The molecule has 1 rings (SSSR count). The van der Waals surface area contributed by atoms with E-state index in [-0.39, 0.29) is 5.69 Å². The van der Waals surface area contributed by atoms with Gasteiger partial charge in [-0.2, -0.15) is 13.2 Å². The van der Waals surface area contributed by atoms with E-state index in [1.165, 1.54) is 12.3 Å². The number of aromatic nitrogens is 1. The first-order chi connectivity index (χ1) is 7.17. The Kier molecular flexibility index (Phi) is 3.20. The van der Waals surface area contributed by atoms with Crippen molar-refractivity contribution in [1.29, 1.82) is 0 Å². The van der Waals surface area contributed by atoms with Gasteiger partial charge in [0.1, 0.15) is 5.01 Å². The van der Waals surface area contributed by atoms with E-state index in [2.05, 4.69) is 4.98 Å². The Morgan fingerprint density at radius 1 is 1.62 bits per heavy atom. The molecule has 0 spiro atoms. The summed E-state index contributed by atoms with van der Waals surface area (Å²) in [7, 11) is 0. The summed E-state index contributed by atoms with van der Waals surface area (Å²) in [6.07, 6.45) is -5.13. The van der Waals surface area contributed by atoms with Crippen molar-refractivity contribution in [3.8, 4) is 0 Å². The fourth-order valence-corrected chi connectivity index (χ4v) is 1.92. The van der Waals surface area contributed by atoms with Crippen LogP contribution in [0.5, 0.6) is 0 Å². The second kappa shape index (κ2) is 3.98. The van der Waals surface area contributed by atoms with Crippen LogP contribution in [0.4, 0.5) is 13.2 Å². The molecule has 1 aromatic rings. The topological polar surface area (TPSA) is 76.3 Å². The fourth-order valence-electron chi connectivity index (χ4n) is 1.01. The molecule has 0 amide bonds. The van der Waals surface area contributed by atoms with Gasteiger partial charge in [-0.15, -0.1) is 11.3 Å². The van der Waals surface area contributed by atoms with E-state index in [4.69, 9.17) is 0 Å². The van der Waals surface area contributed by atoms with E-state index >= 15 is 0 Å². The normalized spacial score (nSPS) is 15.8. The number of halogens is 3. The van der Waals surface area contributed by atoms with Gasteiger partial charge in [-0.3, -0.25) is 10.1 Å². The molecule has 0 saturated heterocycles. The lowest BCUT2D eigenvalue weighted by atomic mass is 10.1. The molecule has 1 atom stereocenters. The van der Waals surface area contributed by atoms with Gasteiger partial charge in [0.15, 0.2) is 0 Å². The SMILES string of the molecule is Cc1csc([C@@](O)(C[N+](=O)[O-])C(F)(F)F)n1. The average Bonchev–Trinajstić information content (AvgIpc) is 2.48. The molecule has 0 aliphatic rings. The number of nitrogens with zero attached hydrogens (tertiary/aromatic N) is 2. The minimum absolute atomic E-state index is 0.269. The first-order valence-corrected chi connectivity index (χ1v) is 4.88. The Balaban J connectivity index is 3.19. The molecule has 9 heteroatoms. The number of aliphatic hydroxyl groups is 1. The van der Waals surface area contributed by atoms with Crippen LogP contribution in [0.2, 0.25) is 0 Å². The van der Waals surface area contributed by atoms with Crippen molar-refractivity contribution in [3.63, 3.8) is 0 Å². The lowest BCUT2D eigenvalue weighted by Crippen LogP contribution is -2.47. The second-order valence-electron chi connectivity index (χ2n) is 3.14. The largest absolute Gasteiger partial charge is 0.430 e. The molecule has 0 saturated carbocycles. The first-order valence-electron chi connectivity index (χ1n) is 4.00. The van der Waals surface area contributed by atoms with Gasteiger partial charge >= 0.3 is 6.18 Å². The smallest absolute Gasteiger partial charge is 0.370 e. The zero-order chi connectivity index (χ0) is 12.6. The molecule has 0 aliphatic heterocycles. The maximum atomic E-state index is 12.6. The Hall–Kier alpha value is -1.22. The predicted octanol–water partition coefficient (Wildman–Crippen LogP) is 1.48. The monoisotopic (exact) mass is 256 g/mol. The minimum Gasteiger partial charge on any atom is -0.370 e. The van der Waals surface area contributed by atoms with Crippen LogP contribution in [0.25, 0.3) is 0 Å². The van der Waals surface area contributed by atoms with Crippen LogP contribution in [0.1, 0.15) is 10.7 Å². The molecule has 0 aromatic carbocycles. The van der Waals surface area contributed by atoms with Gasteiger partial charge in [0.05, 0.1) is 0 Å². The summed E-state index contributed by atoms with van der Waals surface area (Å²) in [6.45, 7) is -0.216. The van der Waals surface area contributed by atoms with Gasteiger partial charge in [0, 0.05) is 16.0 Å². The Morgan fingerprint density at radius 2 is 2.19 bits per heavy atom. The number of hydrogen-bond donors (Lipinski definition) is 1. The minimum atomic E-state index is -5.13. The number of nitro groups is 1. The van der Waals surface area contributed by atoms with Crippen LogP contribution in [0.3, 0.4) is 0 Å². The standard InChI is InChI=1S/C7H7F3N2O3S/c1-4-2-16-5(11-4)6(13,3-12(14)15)7(8,9)10/h2,13H,3H2,1H3/t6-/m0/s1. The zero-order valence-electron chi connectivity index (χ0n) is 7.98. The first kappa shape index (κ1) is 12.8. The van der Waals surface area contributed by atoms with E-state index in [0.717, 1.165) is 0 Å². The highest BCUT2D eigenvalue weighted by molar-refractivity contribution is 7.09. The highest BCUT2D eigenvalue weighted by atomic mass is 32.1. The molecule has 0 aliphatic carbocycles. The number of aryl methyl sites for hydroxylation is 1. The Labute approximate surface area is 91.7 Å². The molecular weight excluding hydrogens is 249 g/mol. The van der Waals surface area contributed by atoms with Crippen molar-refractivity contribution in [1.82, 2.24) is 4.98 Å². The number of rotatable bonds is 3. The summed E-state index contributed by atoms with van der Waals surface area (Å²) in [6, 6.07) is 0. The molecule has 0 bridgehead atoms. The van der Waals surface area contributed by atoms with Crippen LogP contribution in [-0.4, -0.2) is 27.7 Å². The van der Waals surface area contributed by atoms with Gasteiger partial charge in [-0.05, 0) is 6.92 Å². The Bertz CT molecular complexity index is 406. The molecule has 0 radical (unpaired) electrons. The Morgan fingerprint density at radius 3 is 2.50 bits per heavy atom. The lowest BCUT2D eigenvalue weighted by molar-refractivity contribution is -0.518. The quantitative estimate of drug-likeness (QED) is 0.656. The zero-order valence-corrected chi connectivity index (χ0v) is 8.80. The van der Waals surface area contributed by atoms with E-state index < -0.39 is 28.3 Å². The van der Waals surface area contributed by atoms with Crippen LogP contribution in [0, 0.1) is 17.0 Å². The van der Waals surface area contributed by atoms with Gasteiger partial charge < -0.3 is 5.11 Å². The van der Waals surface area contributed by atoms with E-state index in [1.807, 2.05) is 0 Å². The molecule has 1 aromatic heterocycles. The third-order valence-electron chi connectivity index (χ3n) is 1.80. The summed E-state index contributed by atoms with van der Waals surface area (Å²) < 4.78 is 37.7. The molecule has 90 valence electrons. The summed E-state index contributed by atoms with van der Waals surface area (Å²) >= 11 is 0.540. The molecular formula is C7H7F3N2O3S. The average molecular weight is 256 g/mol.